The van der Waals surface area contributed by atoms with E-state index in [0.717, 1.165) is 67.0 Å². The predicted molar refractivity (Wildman–Crippen MR) is 279 cm³/mol. The number of nitrogens with one attached hydrogen (secondary N) is 5. The van der Waals surface area contributed by atoms with Crippen LogP contribution in [-0.2, 0) is 46.3 Å². The first kappa shape index (κ1) is 55.6. The van der Waals surface area contributed by atoms with Gasteiger partial charge in [-0.3, -0.25) is 24.5 Å². The summed E-state index contributed by atoms with van der Waals surface area (Å²) in [5.41, 5.74) is -1.67. The molecule has 6 aromatic rings. The molecule has 3 heterocycles. The fraction of sp³-hybridized carbons (Fsp3) is 0.404. The van der Waals surface area contributed by atoms with Crippen molar-refractivity contribution in [2.75, 3.05) is 13.7 Å². The summed E-state index contributed by atoms with van der Waals surface area (Å²) >= 11 is 0. The minimum atomic E-state index is -2.15. The van der Waals surface area contributed by atoms with Gasteiger partial charge in [-0.1, -0.05) is 98.1 Å². The molecular weight excluding hydrogens is 1000 g/mol. The maximum Gasteiger partial charge on any atom is 0.408 e. The first-order valence-corrected chi connectivity index (χ1v) is 25.7. The van der Waals surface area contributed by atoms with Crippen molar-refractivity contribution in [2.24, 2.45) is 5.92 Å². The van der Waals surface area contributed by atoms with Gasteiger partial charge in [0.15, 0.2) is 22.6 Å². The average molecular weight is 1070 g/mol. The van der Waals surface area contributed by atoms with Crippen LogP contribution in [0.15, 0.2) is 92.1 Å². The number of benzene rings is 3. The monoisotopic (exact) mass is 1070 g/mol. The van der Waals surface area contributed by atoms with Gasteiger partial charge in [0, 0.05) is 6.54 Å². The zero-order chi connectivity index (χ0) is 56.1. The highest BCUT2D eigenvalue weighted by Crippen LogP contribution is 2.43. The second kappa shape index (κ2) is 22.9. The molecule has 0 spiro atoms. The molecule has 3 atom stereocenters. The Morgan fingerprint density at radius 3 is 1.83 bits per heavy atom. The Morgan fingerprint density at radius 2 is 1.23 bits per heavy atom. The second-order valence-corrected chi connectivity index (χ2v) is 20.8. The topological polar surface area (TPSA) is 285 Å². The molecule has 0 aliphatic heterocycles. The largest absolute Gasteiger partial charge is 0.467 e. The normalized spacial score (nSPS) is 15.3. The Hall–Kier alpha value is -8.62. The van der Waals surface area contributed by atoms with Crippen molar-refractivity contribution in [3.8, 4) is 11.1 Å². The Bertz CT molecular complexity index is 3190. The highest BCUT2D eigenvalue weighted by Gasteiger charge is 2.48. The van der Waals surface area contributed by atoms with Crippen LogP contribution in [-0.4, -0.2) is 75.9 Å². The number of rotatable bonds is 18. The Labute approximate surface area is 450 Å². The molecular formula is C57H64N8O13. The SMILES string of the molecule is COC(=O)[C@](C)(NC(=O)OC(C)(C)C)c1nc(C(=O)N[C@@](C)(C(=O)NCC2CCCCC2)c2nc(C(=O)N[C@H](CC(=O)NC3c4ccccc4-c4ccccc43)c3nc(C(=O)OCc4ccccc4)c(C)o3)c(C)o2)c(C)o1. The molecule has 21 heteroatoms. The van der Waals surface area contributed by atoms with Gasteiger partial charge in [-0.15, -0.1) is 0 Å². The lowest BCUT2D eigenvalue weighted by atomic mass is 9.89. The summed E-state index contributed by atoms with van der Waals surface area (Å²) in [4.78, 5) is 111. The molecule has 3 aromatic heterocycles. The molecule has 2 aliphatic rings. The van der Waals surface area contributed by atoms with Gasteiger partial charge in [0.1, 0.15) is 35.5 Å². The van der Waals surface area contributed by atoms with Crippen molar-refractivity contribution in [1.82, 2.24) is 41.5 Å². The number of hydrogen-bond acceptors (Lipinski definition) is 16. The summed E-state index contributed by atoms with van der Waals surface area (Å²) in [5, 5.41) is 14.0. The Kier molecular flexibility index (Phi) is 16.3. The maximum atomic E-state index is 14.6. The first-order valence-electron chi connectivity index (χ1n) is 25.7. The molecule has 0 unspecified atom stereocenters. The molecule has 5 N–H and O–H groups in total. The van der Waals surface area contributed by atoms with Crippen LogP contribution < -0.4 is 26.6 Å². The Balaban J connectivity index is 1.09. The molecule has 1 saturated carbocycles. The molecule has 5 amide bonds. The molecule has 21 nitrogen and oxygen atoms in total. The van der Waals surface area contributed by atoms with E-state index in [9.17, 15) is 33.6 Å². The molecule has 0 bridgehead atoms. The number of hydrogen-bond donors (Lipinski definition) is 5. The van der Waals surface area contributed by atoms with Crippen LogP contribution in [0.3, 0.4) is 0 Å². The van der Waals surface area contributed by atoms with Crippen LogP contribution in [0.25, 0.3) is 11.1 Å². The van der Waals surface area contributed by atoms with Crippen molar-refractivity contribution in [2.45, 2.75) is 129 Å². The van der Waals surface area contributed by atoms with E-state index in [0.29, 0.717) is 0 Å². The van der Waals surface area contributed by atoms with Crippen LogP contribution >= 0.6 is 0 Å². The van der Waals surface area contributed by atoms with Crippen molar-refractivity contribution >= 4 is 41.7 Å². The number of carbonyl (C=O) groups excluding carboxylic acids is 7. The van der Waals surface area contributed by atoms with Crippen LogP contribution in [0.2, 0.25) is 0 Å². The van der Waals surface area contributed by atoms with Gasteiger partial charge in [-0.25, -0.2) is 29.3 Å². The highest BCUT2D eigenvalue weighted by atomic mass is 16.6. The predicted octanol–water partition coefficient (Wildman–Crippen LogP) is 7.93. The summed E-state index contributed by atoms with van der Waals surface area (Å²) in [6.07, 6.45) is 3.37. The van der Waals surface area contributed by atoms with E-state index in [2.05, 4.69) is 41.5 Å². The number of aromatic nitrogens is 3. The minimum Gasteiger partial charge on any atom is -0.467 e. The molecule has 3 aromatic carbocycles. The van der Waals surface area contributed by atoms with E-state index >= 15 is 0 Å². The zero-order valence-electron chi connectivity index (χ0n) is 45.0. The van der Waals surface area contributed by atoms with E-state index in [1.54, 1.807) is 32.9 Å². The van der Waals surface area contributed by atoms with Gasteiger partial charge in [0.2, 0.25) is 29.1 Å². The van der Waals surface area contributed by atoms with Crippen molar-refractivity contribution in [3.63, 3.8) is 0 Å². The van der Waals surface area contributed by atoms with E-state index < -0.39 is 88.6 Å². The molecule has 1 fully saturated rings. The first-order chi connectivity index (χ1) is 37.1. The second-order valence-electron chi connectivity index (χ2n) is 20.8. The van der Waals surface area contributed by atoms with Crippen LogP contribution in [0.5, 0.6) is 0 Å². The van der Waals surface area contributed by atoms with E-state index in [4.69, 9.17) is 27.5 Å². The van der Waals surface area contributed by atoms with Crippen LogP contribution in [0, 0.1) is 26.7 Å². The van der Waals surface area contributed by atoms with Crippen molar-refractivity contribution in [1.29, 1.82) is 0 Å². The van der Waals surface area contributed by atoms with Gasteiger partial charge in [0.05, 0.1) is 19.6 Å². The standard InChI is InChI=1S/C57H64N8O13/c1-31-42(62-51(76-31)56(7,50(70)58-29-34-20-12-10-13-21-34)64-47(68)43-32(2)77-52(63-43)57(8,53(71)73-9)65-54(72)78-55(4,5)6)46(67)59-40(48-61-44(33(3)75-48)49(69)74-30-35-22-14-11-15-23-35)28-41(66)60-45-38-26-18-16-24-36(38)37-25-17-19-27-39(37)45/h11,14-19,22-27,34,40,45H,10,12-13,20-21,28-30H2,1-9H3,(H,58,70)(H,59,67)(H,60,66)(H,64,68)(H,65,72)/t40-,56+,57-/m1/s1. The summed E-state index contributed by atoms with van der Waals surface area (Å²) < 4.78 is 33.9. The van der Waals surface area contributed by atoms with E-state index in [1.165, 1.54) is 34.6 Å². The van der Waals surface area contributed by atoms with Gasteiger partial charge < -0.3 is 48.7 Å². The van der Waals surface area contributed by atoms with Gasteiger partial charge in [-0.05, 0) is 102 Å². The number of nitrogens with zero attached hydrogens (tertiary/aromatic N) is 3. The fourth-order valence-electron chi connectivity index (χ4n) is 9.53. The summed E-state index contributed by atoms with van der Waals surface area (Å²) in [5.74, 6) is -5.94. The minimum absolute atomic E-state index is 0.0542. The van der Waals surface area contributed by atoms with Gasteiger partial charge in [-0.2, -0.15) is 0 Å². The number of ether oxygens (including phenoxy) is 3. The number of carbonyl (C=O) groups is 7. The third-order valence-corrected chi connectivity index (χ3v) is 13.7. The molecule has 78 heavy (non-hydrogen) atoms. The third kappa shape index (κ3) is 12.1. The Morgan fingerprint density at radius 1 is 0.667 bits per heavy atom. The number of methoxy groups -OCH3 is 1. The van der Waals surface area contributed by atoms with Crippen LogP contribution in [0.1, 0.15) is 168 Å². The quantitative estimate of drug-likeness (QED) is 0.0403. The van der Waals surface area contributed by atoms with Crippen LogP contribution in [0.4, 0.5) is 4.79 Å². The lowest BCUT2D eigenvalue weighted by Crippen LogP contribution is -2.55. The smallest absolute Gasteiger partial charge is 0.408 e. The number of aryl methyl sites for hydroxylation is 3. The molecule has 410 valence electrons. The number of oxazole rings is 3. The summed E-state index contributed by atoms with van der Waals surface area (Å²) in [6.45, 7) is 12.0. The van der Waals surface area contributed by atoms with E-state index in [1.807, 2.05) is 66.7 Å². The lowest BCUT2D eigenvalue weighted by Gasteiger charge is -2.28. The molecule has 8 rings (SSSR count). The number of fused-ring (bicyclic) bond motifs is 3. The fourth-order valence-corrected chi connectivity index (χ4v) is 9.53. The summed E-state index contributed by atoms with van der Waals surface area (Å²) in [7, 11) is 1.09. The third-order valence-electron chi connectivity index (χ3n) is 13.7. The number of esters is 2. The zero-order valence-corrected chi connectivity index (χ0v) is 45.0. The van der Waals surface area contributed by atoms with Crippen molar-refractivity contribution in [3.05, 3.63) is 148 Å². The van der Waals surface area contributed by atoms with Gasteiger partial charge in [0.25, 0.3) is 17.7 Å². The average Bonchev–Trinajstić information content (AvgIpc) is 4.35. The lowest BCUT2D eigenvalue weighted by molar-refractivity contribution is -0.149. The van der Waals surface area contributed by atoms with Crippen molar-refractivity contribution < 1.29 is 61.0 Å². The molecule has 0 radical (unpaired) electrons. The van der Waals surface area contributed by atoms with Gasteiger partial charge >= 0.3 is 18.0 Å². The number of amides is 5. The number of alkyl carbamates (subject to hydrolysis) is 1. The van der Waals surface area contributed by atoms with E-state index in [-0.39, 0.29) is 59.3 Å². The molecule has 0 saturated heterocycles. The maximum absolute atomic E-state index is 14.6. The molecule has 2 aliphatic carbocycles. The summed E-state index contributed by atoms with van der Waals surface area (Å²) in [6, 6.07) is 22.6. The highest BCUT2D eigenvalue weighted by molar-refractivity contribution is 5.99.